The van der Waals surface area contributed by atoms with E-state index < -0.39 is 10.0 Å². The summed E-state index contributed by atoms with van der Waals surface area (Å²) in [7, 11) is -3.16. The summed E-state index contributed by atoms with van der Waals surface area (Å²) in [5.41, 5.74) is 0. The number of nitrogens with zero attached hydrogens (tertiary/aromatic N) is 2. The highest BCUT2D eigenvalue weighted by Gasteiger charge is 2.45. The zero-order chi connectivity index (χ0) is 15.0. The molecule has 0 spiro atoms. The van der Waals surface area contributed by atoms with Gasteiger partial charge >= 0.3 is 0 Å². The predicted molar refractivity (Wildman–Crippen MR) is 83.4 cm³/mol. The summed E-state index contributed by atoms with van der Waals surface area (Å²) in [4.78, 5) is 15.2. The fourth-order valence-electron chi connectivity index (χ4n) is 3.10. The Morgan fingerprint density at radius 1 is 1.43 bits per heavy atom. The summed E-state index contributed by atoms with van der Waals surface area (Å²) < 4.78 is 24.8. The van der Waals surface area contributed by atoms with Crippen molar-refractivity contribution in [2.45, 2.75) is 12.5 Å². The molecule has 0 saturated carbocycles. The molecule has 1 aromatic heterocycles. The summed E-state index contributed by atoms with van der Waals surface area (Å²) in [6.07, 6.45) is 5.53. The van der Waals surface area contributed by atoms with Crippen LogP contribution in [-0.2, 0) is 14.8 Å². The molecule has 3 rings (SSSR count). The minimum atomic E-state index is -3.16. The molecule has 0 bridgehead atoms. The zero-order valence-electron chi connectivity index (χ0n) is 11.8. The molecule has 0 aromatic carbocycles. The summed E-state index contributed by atoms with van der Waals surface area (Å²) in [6, 6.07) is 3.93. The number of fused-ring (bicyclic) bond motifs is 1. The van der Waals surface area contributed by atoms with E-state index in [0.717, 1.165) is 17.8 Å². The van der Waals surface area contributed by atoms with Gasteiger partial charge in [0.2, 0.25) is 15.9 Å². The minimum Gasteiger partial charge on any atom is -0.335 e. The van der Waals surface area contributed by atoms with E-state index in [-0.39, 0.29) is 17.9 Å². The molecule has 0 aliphatic carbocycles. The molecule has 0 radical (unpaired) electrons. The van der Waals surface area contributed by atoms with Crippen LogP contribution in [0.15, 0.2) is 23.6 Å². The first-order valence-electron chi connectivity index (χ1n) is 6.92. The van der Waals surface area contributed by atoms with Crippen molar-refractivity contribution in [3.63, 3.8) is 0 Å². The molecular weight excluding hydrogens is 308 g/mol. The average molecular weight is 326 g/mol. The van der Waals surface area contributed by atoms with Gasteiger partial charge in [0.05, 0.1) is 6.26 Å². The Balaban J connectivity index is 1.68. The lowest BCUT2D eigenvalue weighted by atomic mass is 10.1. The third-order valence-electron chi connectivity index (χ3n) is 4.20. The number of thiophene rings is 1. The molecule has 21 heavy (non-hydrogen) atoms. The van der Waals surface area contributed by atoms with Crippen LogP contribution >= 0.6 is 11.3 Å². The maximum absolute atomic E-state index is 12.3. The van der Waals surface area contributed by atoms with Gasteiger partial charge < -0.3 is 4.90 Å². The third kappa shape index (κ3) is 3.04. The largest absolute Gasteiger partial charge is 0.335 e. The van der Waals surface area contributed by atoms with Gasteiger partial charge in [-0.15, -0.1) is 11.3 Å². The first kappa shape index (κ1) is 14.7. The van der Waals surface area contributed by atoms with Gasteiger partial charge in [0, 0.05) is 36.6 Å². The van der Waals surface area contributed by atoms with E-state index in [4.69, 9.17) is 0 Å². The van der Waals surface area contributed by atoms with E-state index in [9.17, 15) is 13.2 Å². The number of hydrogen-bond donors (Lipinski definition) is 0. The van der Waals surface area contributed by atoms with Crippen molar-refractivity contribution < 1.29 is 13.2 Å². The lowest BCUT2D eigenvalue weighted by Gasteiger charge is -2.23. The van der Waals surface area contributed by atoms with Crippen LogP contribution in [0, 0.1) is 5.92 Å². The highest BCUT2D eigenvalue weighted by atomic mass is 32.2. The molecule has 2 fully saturated rings. The molecule has 5 nitrogen and oxygen atoms in total. The number of carbonyl (C=O) groups is 1. The van der Waals surface area contributed by atoms with Crippen molar-refractivity contribution in [1.82, 2.24) is 9.21 Å². The second-order valence-corrected chi connectivity index (χ2v) is 8.54. The van der Waals surface area contributed by atoms with Crippen LogP contribution in [-0.4, -0.2) is 55.5 Å². The monoisotopic (exact) mass is 326 g/mol. The molecule has 0 unspecified atom stereocenters. The van der Waals surface area contributed by atoms with Gasteiger partial charge in [-0.1, -0.05) is 6.07 Å². The average Bonchev–Trinajstić information content (AvgIpc) is 3.10. The van der Waals surface area contributed by atoms with Crippen molar-refractivity contribution in [2.75, 3.05) is 25.9 Å². The number of likely N-dealkylation sites (tertiary alicyclic amines) is 1. The highest BCUT2D eigenvalue weighted by molar-refractivity contribution is 7.88. The normalized spacial score (nSPS) is 26.6. The summed E-state index contributed by atoms with van der Waals surface area (Å²) in [5, 5.41) is 1.97. The maximum atomic E-state index is 12.3. The zero-order valence-corrected chi connectivity index (χ0v) is 13.4. The van der Waals surface area contributed by atoms with Gasteiger partial charge in [-0.3, -0.25) is 4.79 Å². The van der Waals surface area contributed by atoms with Crippen molar-refractivity contribution in [1.29, 1.82) is 0 Å². The van der Waals surface area contributed by atoms with Crippen LogP contribution in [0.2, 0.25) is 0 Å². The fraction of sp³-hybridized carbons (Fsp3) is 0.500. The molecule has 114 valence electrons. The molecule has 2 aliphatic heterocycles. The van der Waals surface area contributed by atoms with E-state index in [1.54, 1.807) is 17.4 Å². The van der Waals surface area contributed by atoms with E-state index in [2.05, 4.69) is 0 Å². The Labute approximate surface area is 128 Å². The molecular formula is C14H18N2O3S2. The van der Waals surface area contributed by atoms with E-state index in [0.29, 0.717) is 13.1 Å². The summed E-state index contributed by atoms with van der Waals surface area (Å²) in [6.45, 7) is 1.70. The molecule has 0 N–H and O–H groups in total. The van der Waals surface area contributed by atoms with Gasteiger partial charge in [0.15, 0.2) is 0 Å². The van der Waals surface area contributed by atoms with Crippen molar-refractivity contribution >= 4 is 33.3 Å². The molecule has 1 amide bonds. The second-order valence-electron chi connectivity index (χ2n) is 5.58. The Hall–Kier alpha value is -1.18. The molecule has 2 saturated heterocycles. The molecule has 1 aromatic rings. The molecule has 2 aliphatic rings. The molecule has 7 heteroatoms. The lowest BCUT2D eigenvalue weighted by Crippen LogP contribution is -2.39. The number of hydrogen-bond acceptors (Lipinski definition) is 4. The molecule has 2 atom stereocenters. The Morgan fingerprint density at radius 3 is 2.90 bits per heavy atom. The standard InChI is InChI=1S/C14H18N2O3S2/c1-21(18,19)15-9-11-6-7-16(13(11)10-15)14(17)5-4-12-3-2-8-20-12/h2-5,8,11,13H,6-7,9-10H2,1H3/b5-4+/t11-,13+/m0/s1. The van der Waals surface area contributed by atoms with Crippen LogP contribution in [0.3, 0.4) is 0 Å². The third-order valence-corrected chi connectivity index (χ3v) is 6.27. The van der Waals surface area contributed by atoms with Gasteiger partial charge in [-0.25, -0.2) is 8.42 Å². The summed E-state index contributed by atoms with van der Waals surface area (Å²) >= 11 is 1.59. The topological polar surface area (TPSA) is 57.7 Å². The SMILES string of the molecule is CS(=O)(=O)N1C[C@@H]2CCN(C(=O)/C=C/c3cccs3)[C@@H]2C1. The van der Waals surface area contributed by atoms with Crippen LogP contribution in [0.4, 0.5) is 0 Å². The van der Waals surface area contributed by atoms with Crippen LogP contribution < -0.4 is 0 Å². The maximum Gasteiger partial charge on any atom is 0.246 e. The van der Waals surface area contributed by atoms with Crippen LogP contribution in [0.5, 0.6) is 0 Å². The lowest BCUT2D eigenvalue weighted by molar-refractivity contribution is -0.126. The molecule has 3 heterocycles. The minimum absolute atomic E-state index is 0.0220. The van der Waals surface area contributed by atoms with Crippen LogP contribution in [0.25, 0.3) is 6.08 Å². The van der Waals surface area contributed by atoms with Gasteiger partial charge in [-0.2, -0.15) is 4.31 Å². The Morgan fingerprint density at radius 2 is 2.24 bits per heavy atom. The quantitative estimate of drug-likeness (QED) is 0.786. The van der Waals surface area contributed by atoms with Crippen molar-refractivity contribution in [3.05, 3.63) is 28.5 Å². The fourth-order valence-corrected chi connectivity index (χ4v) is 4.61. The van der Waals surface area contributed by atoms with E-state index in [1.165, 1.54) is 10.6 Å². The predicted octanol–water partition coefficient (Wildman–Crippen LogP) is 1.25. The van der Waals surface area contributed by atoms with Gasteiger partial charge in [0.1, 0.15) is 0 Å². The number of sulfonamides is 1. The number of amides is 1. The smallest absolute Gasteiger partial charge is 0.246 e. The first-order valence-corrected chi connectivity index (χ1v) is 9.65. The number of carbonyl (C=O) groups excluding carboxylic acids is 1. The highest BCUT2D eigenvalue weighted by Crippen LogP contribution is 2.32. The van der Waals surface area contributed by atoms with E-state index >= 15 is 0 Å². The van der Waals surface area contributed by atoms with Crippen molar-refractivity contribution in [2.24, 2.45) is 5.92 Å². The Kier molecular flexibility index (Phi) is 3.90. The van der Waals surface area contributed by atoms with Gasteiger partial charge in [-0.05, 0) is 29.9 Å². The van der Waals surface area contributed by atoms with Crippen LogP contribution in [0.1, 0.15) is 11.3 Å². The van der Waals surface area contributed by atoms with Gasteiger partial charge in [0.25, 0.3) is 0 Å². The number of rotatable bonds is 3. The summed E-state index contributed by atoms with van der Waals surface area (Å²) in [5.74, 6) is 0.255. The first-order chi connectivity index (χ1) is 9.95. The van der Waals surface area contributed by atoms with E-state index in [1.807, 2.05) is 28.5 Å². The Bertz CT molecular complexity index is 652. The van der Waals surface area contributed by atoms with Crippen molar-refractivity contribution in [3.8, 4) is 0 Å². The second kappa shape index (κ2) is 5.55.